The summed E-state index contributed by atoms with van der Waals surface area (Å²) in [6.45, 7) is 5.45. The highest BCUT2D eigenvalue weighted by molar-refractivity contribution is 9.10. The average Bonchev–Trinajstić information content (AvgIpc) is 2.46. The summed E-state index contributed by atoms with van der Waals surface area (Å²) < 4.78 is 15.2. The number of benzene rings is 1. The molecule has 0 spiro atoms. The summed E-state index contributed by atoms with van der Waals surface area (Å²) >= 11 is 3.53. The fourth-order valence-corrected chi connectivity index (χ4v) is 4.21. The molecule has 2 atom stereocenters. The molecule has 2 fully saturated rings. The first-order valence-corrected chi connectivity index (χ1v) is 8.44. The minimum Gasteiger partial charge on any atom is -0.362 e. The van der Waals surface area contributed by atoms with Crippen molar-refractivity contribution >= 4 is 21.6 Å². The fraction of sp³-hybridized carbons (Fsp3) is 0.625. The van der Waals surface area contributed by atoms with Gasteiger partial charge in [0.2, 0.25) is 0 Å². The molecule has 2 aliphatic rings. The highest BCUT2D eigenvalue weighted by atomic mass is 79.9. The molecule has 0 amide bonds. The Labute approximate surface area is 129 Å². The van der Waals surface area contributed by atoms with Crippen LogP contribution in [0.25, 0.3) is 0 Å². The Hall–Kier alpha value is -0.610. The lowest BCUT2D eigenvalue weighted by atomic mass is 9.95. The zero-order valence-electron chi connectivity index (χ0n) is 12.0. The maximum Gasteiger partial charge on any atom is 0.147 e. The van der Waals surface area contributed by atoms with Crippen LogP contribution in [0.2, 0.25) is 0 Å². The van der Waals surface area contributed by atoms with Crippen molar-refractivity contribution in [1.29, 1.82) is 0 Å². The first-order valence-electron chi connectivity index (χ1n) is 7.65. The number of fused-ring (bicyclic) bond motifs is 1. The third-order valence-corrected chi connectivity index (χ3v) is 5.38. The molecule has 2 saturated heterocycles. The fourth-order valence-electron chi connectivity index (χ4n) is 3.64. The van der Waals surface area contributed by atoms with Crippen molar-refractivity contribution in [2.24, 2.45) is 0 Å². The summed E-state index contributed by atoms with van der Waals surface area (Å²) in [6.07, 6.45) is 4.93. The quantitative estimate of drug-likeness (QED) is 0.801. The lowest BCUT2D eigenvalue weighted by Crippen LogP contribution is -2.59. The Morgan fingerprint density at radius 2 is 2.15 bits per heavy atom. The third-order valence-electron chi connectivity index (χ3n) is 4.74. The van der Waals surface area contributed by atoms with Crippen molar-refractivity contribution < 1.29 is 4.39 Å². The molecular weight excluding hydrogens is 319 g/mol. The van der Waals surface area contributed by atoms with Crippen LogP contribution in [0, 0.1) is 5.82 Å². The van der Waals surface area contributed by atoms with E-state index in [0.717, 1.165) is 29.7 Å². The molecule has 2 nitrogen and oxygen atoms in total. The van der Waals surface area contributed by atoms with E-state index in [4.69, 9.17) is 0 Å². The van der Waals surface area contributed by atoms with Gasteiger partial charge in [0, 0.05) is 29.6 Å². The van der Waals surface area contributed by atoms with Crippen LogP contribution in [0.4, 0.5) is 10.1 Å². The molecular formula is C16H22BrFN2. The topological polar surface area (TPSA) is 6.48 Å². The van der Waals surface area contributed by atoms with Gasteiger partial charge in [-0.05, 0) is 53.9 Å². The second kappa shape index (κ2) is 6.02. The standard InChI is InChI=1S/C16H22BrFN2/c1-2-12-10-19-9-4-3-6-13(19)11-20(12)16-14(17)7-5-8-15(16)18/h5,7-8,12-13H,2-4,6,9-11H2,1H3. The molecule has 0 aromatic heterocycles. The van der Waals surface area contributed by atoms with Gasteiger partial charge in [-0.2, -0.15) is 0 Å². The van der Waals surface area contributed by atoms with E-state index in [-0.39, 0.29) is 5.82 Å². The number of hydrogen-bond donors (Lipinski definition) is 0. The molecule has 1 aromatic rings. The summed E-state index contributed by atoms with van der Waals surface area (Å²) in [5.74, 6) is -0.109. The van der Waals surface area contributed by atoms with Crippen molar-refractivity contribution in [3.63, 3.8) is 0 Å². The monoisotopic (exact) mass is 340 g/mol. The Kier molecular flexibility index (Phi) is 4.32. The molecule has 4 heteroatoms. The zero-order chi connectivity index (χ0) is 14.1. The van der Waals surface area contributed by atoms with E-state index < -0.39 is 0 Å². The normalized spacial score (nSPS) is 27.4. The van der Waals surface area contributed by atoms with Crippen molar-refractivity contribution in [3.8, 4) is 0 Å². The van der Waals surface area contributed by atoms with Gasteiger partial charge in [0.25, 0.3) is 0 Å². The lowest BCUT2D eigenvalue weighted by Gasteiger charge is -2.49. The number of para-hydroxylation sites is 1. The number of piperazine rings is 1. The molecule has 0 bridgehead atoms. The zero-order valence-corrected chi connectivity index (χ0v) is 13.6. The van der Waals surface area contributed by atoms with Gasteiger partial charge in [0.15, 0.2) is 0 Å². The molecule has 0 radical (unpaired) electrons. The van der Waals surface area contributed by atoms with E-state index >= 15 is 0 Å². The second-order valence-corrected chi connectivity index (χ2v) is 6.78. The second-order valence-electron chi connectivity index (χ2n) is 5.93. The Balaban J connectivity index is 1.90. The molecule has 3 rings (SSSR count). The Bertz CT molecular complexity index is 459. The minimum absolute atomic E-state index is 0.109. The highest BCUT2D eigenvalue weighted by Gasteiger charge is 2.35. The number of hydrogen-bond acceptors (Lipinski definition) is 2. The van der Waals surface area contributed by atoms with Crippen molar-refractivity contribution in [3.05, 3.63) is 28.5 Å². The predicted octanol–water partition coefficient (Wildman–Crippen LogP) is 4.04. The van der Waals surface area contributed by atoms with E-state index in [1.165, 1.54) is 25.8 Å². The van der Waals surface area contributed by atoms with Gasteiger partial charge in [0.1, 0.15) is 5.82 Å². The third kappa shape index (κ3) is 2.60. The molecule has 2 heterocycles. The van der Waals surface area contributed by atoms with Crippen LogP contribution in [0.3, 0.4) is 0 Å². The van der Waals surface area contributed by atoms with E-state index in [1.807, 2.05) is 6.07 Å². The molecule has 20 heavy (non-hydrogen) atoms. The van der Waals surface area contributed by atoms with E-state index in [1.54, 1.807) is 12.1 Å². The molecule has 0 aliphatic carbocycles. The summed E-state index contributed by atoms with van der Waals surface area (Å²) in [4.78, 5) is 4.91. The SMILES string of the molecule is CCC1CN2CCCCC2CN1c1c(F)cccc1Br. The van der Waals surface area contributed by atoms with Crippen molar-refractivity contribution in [1.82, 2.24) is 4.90 Å². The van der Waals surface area contributed by atoms with Crippen LogP contribution in [-0.4, -0.2) is 36.6 Å². The summed E-state index contributed by atoms with van der Waals surface area (Å²) in [6, 6.07) is 6.29. The molecule has 110 valence electrons. The first kappa shape index (κ1) is 14.3. The summed E-state index contributed by atoms with van der Waals surface area (Å²) in [5, 5.41) is 0. The maximum atomic E-state index is 14.3. The predicted molar refractivity (Wildman–Crippen MR) is 84.7 cm³/mol. The minimum atomic E-state index is -0.109. The van der Waals surface area contributed by atoms with Gasteiger partial charge >= 0.3 is 0 Å². The Morgan fingerprint density at radius 1 is 1.30 bits per heavy atom. The number of anilines is 1. The number of rotatable bonds is 2. The van der Waals surface area contributed by atoms with Gasteiger partial charge in [-0.25, -0.2) is 4.39 Å². The van der Waals surface area contributed by atoms with Gasteiger partial charge in [0.05, 0.1) is 5.69 Å². The lowest BCUT2D eigenvalue weighted by molar-refractivity contribution is 0.110. The molecule has 1 aromatic carbocycles. The highest BCUT2D eigenvalue weighted by Crippen LogP contribution is 2.35. The van der Waals surface area contributed by atoms with E-state index in [2.05, 4.69) is 32.7 Å². The maximum absolute atomic E-state index is 14.3. The average molecular weight is 341 g/mol. The largest absolute Gasteiger partial charge is 0.362 e. The number of halogens is 2. The van der Waals surface area contributed by atoms with Gasteiger partial charge in [-0.15, -0.1) is 0 Å². The van der Waals surface area contributed by atoms with Crippen LogP contribution < -0.4 is 4.90 Å². The molecule has 2 aliphatic heterocycles. The van der Waals surface area contributed by atoms with Crippen LogP contribution in [0.15, 0.2) is 22.7 Å². The number of nitrogens with zero attached hydrogens (tertiary/aromatic N) is 2. The molecule has 0 saturated carbocycles. The van der Waals surface area contributed by atoms with Gasteiger partial charge in [-0.3, -0.25) is 4.90 Å². The number of piperidine rings is 1. The van der Waals surface area contributed by atoms with E-state index in [0.29, 0.717) is 12.1 Å². The van der Waals surface area contributed by atoms with Crippen LogP contribution in [0.5, 0.6) is 0 Å². The summed E-state index contributed by atoms with van der Waals surface area (Å²) in [5.41, 5.74) is 0.754. The smallest absolute Gasteiger partial charge is 0.147 e. The van der Waals surface area contributed by atoms with Gasteiger partial charge < -0.3 is 4.90 Å². The Morgan fingerprint density at radius 3 is 2.90 bits per heavy atom. The van der Waals surface area contributed by atoms with E-state index in [9.17, 15) is 4.39 Å². The molecule has 2 unspecified atom stereocenters. The molecule has 0 N–H and O–H groups in total. The van der Waals surface area contributed by atoms with Crippen molar-refractivity contribution in [2.45, 2.75) is 44.7 Å². The van der Waals surface area contributed by atoms with Crippen LogP contribution in [-0.2, 0) is 0 Å². The van der Waals surface area contributed by atoms with Gasteiger partial charge in [-0.1, -0.05) is 19.4 Å². The van der Waals surface area contributed by atoms with Crippen molar-refractivity contribution in [2.75, 3.05) is 24.5 Å². The van der Waals surface area contributed by atoms with Crippen LogP contribution >= 0.6 is 15.9 Å². The first-order chi connectivity index (χ1) is 9.70. The van der Waals surface area contributed by atoms with Crippen LogP contribution in [0.1, 0.15) is 32.6 Å². The summed E-state index contributed by atoms with van der Waals surface area (Å²) in [7, 11) is 0.